The topological polar surface area (TPSA) is 61.8 Å². The zero-order chi connectivity index (χ0) is 25.5. The van der Waals surface area contributed by atoms with Crippen molar-refractivity contribution in [1.82, 2.24) is 10.2 Å². The first-order valence-corrected chi connectivity index (χ1v) is 13.3. The first kappa shape index (κ1) is 25.4. The molecule has 0 saturated carbocycles. The summed E-state index contributed by atoms with van der Waals surface area (Å²) in [5, 5.41) is 15.2. The van der Waals surface area contributed by atoms with Crippen molar-refractivity contribution < 1.29 is 14.6 Å². The number of hydrogen-bond acceptors (Lipinski definition) is 5. The minimum absolute atomic E-state index is 0.297. The van der Waals surface area contributed by atoms with Crippen LogP contribution in [0.3, 0.4) is 0 Å². The van der Waals surface area contributed by atoms with Gasteiger partial charge in [-0.1, -0.05) is 91.0 Å². The molecular weight excluding hydrogens is 460 g/mol. The van der Waals surface area contributed by atoms with Gasteiger partial charge in [0.25, 0.3) is 0 Å². The van der Waals surface area contributed by atoms with Gasteiger partial charge >= 0.3 is 5.97 Å². The van der Waals surface area contributed by atoms with Crippen molar-refractivity contribution in [2.75, 3.05) is 32.8 Å². The van der Waals surface area contributed by atoms with E-state index in [-0.39, 0.29) is 0 Å². The molecule has 0 spiro atoms. The number of esters is 1. The van der Waals surface area contributed by atoms with Gasteiger partial charge in [-0.15, -0.1) is 0 Å². The smallest absolute Gasteiger partial charge is 0.347 e. The largest absolute Gasteiger partial charge is 0.463 e. The van der Waals surface area contributed by atoms with Gasteiger partial charge < -0.3 is 15.2 Å². The van der Waals surface area contributed by atoms with Gasteiger partial charge in [-0.3, -0.25) is 4.90 Å². The van der Waals surface area contributed by atoms with E-state index in [0.717, 1.165) is 57.5 Å². The lowest BCUT2D eigenvalue weighted by Gasteiger charge is -2.33. The molecule has 5 nitrogen and oxygen atoms in total. The average Bonchev–Trinajstić information content (AvgIpc) is 2.98. The van der Waals surface area contributed by atoms with Crippen molar-refractivity contribution in [3.8, 4) is 0 Å². The highest BCUT2D eigenvalue weighted by Crippen LogP contribution is 2.33. The van der Waals surface area contributed by atoms with Gasteiger partial charge in [-0.25, -0.2) is 4.79 Å². The predicted molar refractivity (Wildman–Crippen MR) is 147 cm³/mol. The van der Waals surface area contributed by atoms with E-state index in [1.54, 1.807) is 12.1 Å². The van der Waals surface area contributed by atoms with Crippen LogP contribution in [0, 0.1) is 5.92 Å². The Bertz CT molecular complexity index is 1190. The maximum absolute atomic E-state index is 13.5. The summed E-state index contributed by atoms with van der Waals surface area (Å²) in [4.78, 5) is 16.0. The van der Waals surface area contributed by atoms with Crippen LogP contribution in [-0.2, 0) is 21.7 Å². The summed E-state index contributed by atoms with van der Waals surface area (Å²) in [6.07, 6.45) is 5.11. The van der Waals surface area contributed by atoms with Crippen LogP contribution < -0.4 is 5.32 Å². The molecule has 5 heteroatoms. The summed E-state index contributed by atoms with van der Waals surface area (Å²) in [5.74, 6) is -0.315. The summed E-state index contributed by atoms with van der Waals surface area (Å²) >= 11 is 0. The molecule has 3 aromatic rings. The molecule has 2 heterocycles. The Balaban J connectivity index is 1.25. The van der Waals surface area contributed by atoms with Crippen molar-refractivity contribution in [2.45, 2.75) is 31.4 Å². The van der Waals surface area contributed by atoms with E-state index in [1.807, 2.05) is 48.5 Å². The van der Waals surface area contributed by atoms with Crippen LogP contribution in [0.4, 0.5) is 0 Å². The molecule has 2 N–H and O–H groups in total. The van der Waals surface area contributed by atoms with E-state index < -0.39 is 11.6 Å². The minimum Gasteiger partial charge on any atom is -0.463 e. The number of likely N-dealkylation sites (tertiary alicyclic amines) is 1. The number of carbonyl (C=O) groups is 1. The summed E-state index contributed by atoms with van der Waals surface area (Å²) < 4.78 is 5.83. The van der Waals surface area contributed by atoms with Crippen molar-refractivity contribution in [1.29, 1.82) is 0 Å². The predicted octanol–water partition coefficient (Wildman–Crippen LogP) is 4.75. The van der Waals surface area contributed by atoms with Crippen LogP contribution in [0.15, 0.2) is 91.0 Å². The van der Waals surface area contributed by atoms with Crippen molar-refractivity contribution in [3.05, 3.63) is 113 Å². The van der Waals surface area contributed by atoms with Gasteiger partial charge in [0, 0.05) is 13.1 Å². The lowest BCUT2D eigenvalue weighted by atomic mass is 9.85. The Morgan fingerprint density at radius 1 is 0.919 bits per heavy atom. The van der Waals surface area contributed by atoms with E-state index in [9.17, 15) is 9.90 Å². The van der Waals surface area contributed by atoms with Gasteiger partial charge in [0.05, 0.1) is 6.61 Å². The second-order valence-corrected chi connectivity index (χ2v) is 10.1. The van der Waals surface area contributed by atoms with E-state index in [2.05, 4.69) is 40.6 Å². The highest BCUT2D eigenvalue weighted by Gasteiger charge is 2.42. The SMILES string of the molecule is O=C(OCC1CCN(Cc2ccccc2)CC1)C(O)(c1ccccc1)c1ccc(C2=CCNCC2)cc1. The van der Waals surface area contributed by atoms with Crippen molar-refractivity contribution >= 4 is 11.5 Å². The maximum atomic E-state index is 13.5. The second kappa shape index (κ2) is 11.9. The molecule has 0 radical (unpaired) electrons. The van der Waals surface area contributed by atoms with Crippen LogP contribution in [0.1, 0.15) is 41.5 Å². The minimum atomic E-state index is -1.85. The summed E-state index contributed by atoms with van der Waals surface area (Å²) in [6.45, 7) is 5.05. The standard InChI is InChI=1S/C32H36N2O3/c35-31(37-24-26-17-21-34(22-18-26)23-25-7-3-1-4-8-25)32(36,29-9-5-2-6-10-29)30-13-11-27(12-14-30)28-15-19-33-20-16-28/h1-15,26,33,36H,16-24H2. The third kappa shape index (κ3) is 6.02. The lowest BCUT2D eigenvalue weighted by Crippen LogP contribution is -2.40. The molecule has 2 aliphatic heterocycles. The molecule has 0 aliphatic carbocycles. The van der Waals surface area contributed by atoms with Crippen LogP contribution in [0.25, 0.3) is 5.57 Å². The molecule has 0 bridgehead atoms. The zero-order valence-corrected chi connectivity index (χ0v) is 21.3. The number of hydrogen-bond donors (Lipinski definition) is 2. The van der Waals surface area contributed by atoms with Crippen LogP contribution in [0.5, 0.6) is 0 Å². The van der Waals surface area contributed by atoms with Crippen LogP contribution >= 0.6 is 0 Å². The van der Waals surface area contributed by atoms with Gasteiger partial charge in [0.2, 0.25) is 5.60 Å². The van der Waals surface area contributed by atoms with Crippen molar-refractivity contribution in [2.24, 2.45) is 5.92 Å². The molecule has 1 unspecified atom stereocenters. The molecule has 5 rings (SSSR count). The van der Waals surface area contributed by atoms with E-state index >= 15 is 0 Å². The molecule has 192 valence electrons. The van der Waals surface area contributed by atoms with Crippen LogP contribution in [-0.4, -0.2) is 48.8 Å². The molecule has 1 atom stereocenters. The number of rotatable bonds is 8. The Hall–Kier alpha value is -3.25. The third-order valence-corrected chi connectivity index (χ3v) is 7.63. The normalized spacial score (nSPS) is 18.6. The molecular formula is C32H36N2O3. The third-order valence-electron chi connectivity index (χ3n) is 7.63. The zero-order valence-electron chi connectivity index (χ0n) is 21.3. The number of benzene rings is 3. The Kier molecular flexibility index (Phi) is 8.15. The number of piperidine rings is 1. The summed E-state index contributed by atoms with van der Waals surface area (Å²) in [5.41, 5.74) is 2.93. The monoisotopic (exact) mass is 496 g/mol. The van der Waals surface area contributed by atoms with Crippen molar-refractivity contribution in [3.63, 3.8) is 0 Å². The Morgan fingerprint density at radius 2 is 1.57 bits per heavy atom. The molecule has 2 aliphatic rings. The average molecular weight is 497 g/mol. The molecule has 3 aromatic carbocycles. The number of aliphatic hydroxyl groups is 1. The number of nitrogens with zero attached hydrogens (tertiary/aromatic N) is 1. The Morgan fingerprint density at radius 3 is 2.22 bits per heavy atom. The van der Waals surface area contributed by atoms with E-state index in [1.165, 1.54) is 11.1 Å². The maximum Gasteiger partial charge on any atom is 0.347 e. The lowest BCUT2D eigenvalue weighted by molar-refractivity contribution is -0.164. The first-order chi connectivity index (χ1) is 18.1. The summed E-state index contributed by atoms with van der Waals surface area (Å²) in [7, 11) is 0. The highest BCUT2D eigenvalue weighted by molar-refractivity contribution is 5.85. The second-order valence-electron chi connectivity index (χ2n) is 10.1. The van der Waals surface area contributed by atoms with Crippen LogP contribution in [0.2, 0.25) is 0 Å². The number of nitrogens with one attached hydrogen (secondary N) is 1. The van der Waals surface area contributed by atoms with Gasteiger partial charge in [0.1, 0.15) is 0 Å². The quantitative estimate of drug-likeness (QED) is 0.441. The van der Waals surface area contributed by atoms with Gasteiger partial charge in [-0.05, 0) is 72.6 Å². The van der Waals surface area contributed by atoms with E-state index in [4.69, 9.17) is 4.74 Å². The fourth-order valence-corrected chi connectivity index (χ4v) is 5.34. The molecule has 37 heavy (non-hydrogen) atoms. The molecule has 0 amide bonds. The molecule has 0 aromatic heterocycles. The number of carbonyl (C=O) groups excluding carboxylic acids is 1. The Labute approximate surface area is 219 Å². The summed E-state index contributed by atoms with van der Waals surface area (Å²) in [6, 6.07) is 27.3. The molecule has 1 fully saturated rings. The fourth-order valence-electron chi connectivity index (χ4n) is 5.34. The van der Waals surface area contributed by atoms with E-state index in [0.29, 0.717) is 23.7 Å². The van der Waals surface area contributed by atoms with Gasteiger partial charge in [-0.2, -0.15) is 0 Å². The number of ether oxygens (including phenoxy) is 1. The molecule has 1 saturated heterocycles. The highest BCUT2D eigenvalue weighted by atomic mass is 16.5. The first-order valence-electron chi connectivity index (χ1n) is 13.3. The fraction of sp³-hybridized carbons (Fsp3) is 0.344. The van der Waals surface area contributed by atoms with Gasteiger partial charge in [0.15, 0.2) is 0 Å².